The topological polar surface area (TPSA) is 224 Å². The van der Waals surface area contributed by atoms with Crippen molar-refractivity contribution in [2.45, 2.75) is 50.2 Å². The minimum absolute atomic E-state index is 0.0127. The molecule has 3 heterocycles. The fraction of sp³-hybridized carbons (Fsp3) is 0.290. The maximum absolute atomic E-state index is 13.9. The zero-order valence-corrected chi connectivity index (χ0v) is 27.1. The molecule has 0 spiro atoms. The fourth-order valence-electron chi connectivity index (χ4n) is 5.09. The van der Waals surface area contributed by atoms with Crippen LogP contribution in [-0.2, 0) is 34.3 Å². The lowest BCUT2D eigenvalue weighted by Crippen LogP contribution is -2.40. The SMILES string of the molecule is Cc1cc(CNCc2cccc(-c3cc4c(c(S(=O)(=O)Nc5ccsc5C(=O)NC(CCCN=C(N)N)C(=O)O)c3)OCC4)c2)no1. The third-order valence-electron chi connectivity index (χ3n) is 7.28. The van der Waals surface area contributed by atoms with E-state index < -0.39 is 27.9 Å². The summed E-state index contributed by atoms with van der Waals surface area (Å²) in [6.45, 7) is 3.45. The monoisotopic (exact) mass is 681 g/mol. The van der Waals surface area contributed by atoms with Crippen LogP contribution in [0.5, 0.6) is 5.75 Å². The van der Waals surface area contributed by atoms with E-state index in [-0.39, 0.29) is 40.1 Å². The van der Waals surface area contributed by atoms with Gasteiger partial charge in [0, 0.05) is 32.1 Å². The summed E-state index contributed by atoms with van der Waals surface area (Å²) in [7, 11) is -4.25. The number of aryl methyl sites for hydroxylation is 1. The van der Waals surface area contributed by atoms with Crippen LogP contribution in [-0.4, -0.2) is 55.7 Å². The second kappa shape index (κ2) is 14.7. The average molecular weight is 682 g/mol. The van der Waals surface area contributed by atoms with E-state index in [4.69, 9.17) is 20.7 Å². The first-order valence-electron chi connectivity index (χ1n) is 14.7. The van der Waals surface area contributed by atoms with Crippen LogP contribution < -0.4 is 31.6 Å². The number of carboxylic acid groups (broad SMARTS) is 1. The molecule has 2 aromatic carbocycles. The van der Waals surface area contributed by atoms with E-state index in [0.29, 0.717) is 38.1 Å². The van der Waals surface area contributed by atoms with E-state index in [2.05, 4.69) is 25.5 Å². The van der Waals surface area contributed by atoms with Gasteiger partial charge in [-0.15, -0.1) is 11.3 Å². The lowest BCUT2D eigenvalue weighted by atomic mass is 10.00. The predicted octanol–water partition coefficient (Wildman–Crippen LogP) is 2.97. The maximum atomic E-state index is 13.9. The Morgan fingerprint density at radius 2 is 1.96 bits per heavy atom. The van der Waals surface area contributed by atoms with Crippen molar-refractivity contribution in [1.82, 2.24) is 15.8 Å². The minimum Gasteiger partial charge on any atom is -0.492 e. The fourth-order valence-corrected chi connectivity index (χ4v) is 7.19. The van der Waals surface area contributed by atoms with Crippen molar-refractivity contribution in [1.29, 1.82) is 0 Å². The summed E-state index contributed by atoms with van der Waals surface area (Å²) >= 11 is 0.980. The smallest absolute Gasteiger partial charge is 0.326 e. The molecule has 16 heteroatoms. The Kier molecular flexibility index (Phi) is 10.4. The third kappa shape index (κ3) is 8.46. The second-order valence-electron chi connectivity index (χ2n) is 10.9. The molecule has 14 nitrogen and oxygen atoms in total. The van der Waals surface area contributed by atoms with Crippen molar-refractivity contribution in [3.8, 4) is 16.9 Å². The minimum atomic E-state index is -4.25. The van der Waals surface area contributed by atoms with Gasteiger partial charge in [-0.25, -0.2) is 13.2 Å². The van der Waals surface area contributed by atoms with Crippen molar-refractivity contribution in [3.63, 3.8) is 0 Å². The highest BCUT2D eigenvalue weighted by atomic mass is 32.2. The van der Waals surface area contributed by atoms with Crippen molar-refractivity contribution in [3.05, 3.63) is 81.4 Å². The number of nitrogens with two attached hydrogens (primary N) is 2. The quantitative estimate of drug-likeness (QED) is 0.0608. The molecule has 0 radical (unpaired) electrons. The number of rotatable bonds is 15. The molecule has 0 aliphatic carbocycles. The van der Waals surface area contributed by atoms with Gasteiger partial charge in [0.1, 0.15) is 27.3 Å². The Bertz CT molecular complexity index is 1900. The van der Waals surface area contributed by atoms with Crippen LogP contribution in [0.3, 0.4) is 0 Å². The standard InChI is InChI=1S/C31H35N7O7S2/c1-18-12-23(37-45-18)17-34-16-19-4-2-5-20(13-19)22-14-21-7-10-44-27(21)26(15-22)47(42,43)38-24-8-11-46-28(24)29(39)36-25(30(40)41)6-3-9-35-31(32)33/h2,4-5,8,11-15,25,34,38H,3,6-7,9-10,16-17H2,1H3,(H,36,39)(H,40,41)(H4,32,33,35). The molecular weight excluding hydrogens is 647 g/mol. The van der Waals surface area contributed by atoms with E-state index in [9.17, 15) is 23.1 Å². The van der Waals surface area contributed by atoms with Gasteiger partial charge >= 0.3 is 5.97 Å². The zero-order chi connectivity index (χ0) is 33.6. The Morgan fingerprint density at radius 3 is 2.70 bits per heavy atom. The van der Waals surface area contributed by atoms with Crippen LogP contribution in [0.15, 0.2) is 68.3 Å². The molecule has 1 amide bonds. The number of thiophene rings is 1. The summed E-state index contributed by atoms with van der Waals surface area (Å²) in [5.74, 6) is -1.09. The largest absolute Gasteiger partial charge is 0.492 e. The lowest BCUT2D eigenvalue weighted by Gasteiger charge is -2.16. The molecule has 8 N–H and O–H groups in total. The normalized spacial score (nSPS) is 13.0. The molecule has 248 valence electrons. The van der Waals surface area contributed by atoms with Gasteiger partial charge in [-0.2, -0.15) is 0 Å². The van der Waals surface area contributed by atoms with Gasteiger partial charge in [-0.1, -0.05) is 23.4 Å². The van der Waals surface area contributed by atoms with Crippen molar-refractivity contribution < 1.29 is 32.4 Å². The number of nitrogens with zero attached hydrogens (tertiary/aromatic N) is 2. The van der Waals surface area contributed by atoms with E-state index in [1.54, 1.807) is 11.4 Å². The molecule has 0 saturated carbocycles. The summed E-state index contributed by atoms with van der Waals surface area (Å²) in [5.41, 5.74) is 14.7. The number of benzene rings is 2. The molecule has 1 aliphatic heterocycles. The van der Waals surface area contributed by atoms with Gasteiger partial charge < -0.3 is 36.5 Å². The Hall–Kier alpha value is -4.93. The first-order valence-corrected chi connectivity index (χ1v) is 17.1. The molecular formula is C31H35N7O7S2. The Labute approximate surface area is 275 Å². The molecule has 1 atom stereocenters. The van der Waals surface area contributed by atoms with Gasteiger partial charge in [0.15, 0.2) is 5.96 Å². The summed E-state index contributed by atoms with van der Waals surface area (Å²) in [5, 5.41) is 20.9. The Balaban J connectivity index is 1.33. The number of aromatic nitrogens is 1. The third-order valence-corrected chi connectivity index (χ3v) is 9.56. The molecule has 0 bridgehead atoms. The predicted molar refractivity (Wildman–Crippen MR) is 177 cm³/mol. The first-order chi connectivity index (χ1) is 22.5. The number of carbonyl (C=O) groups is 2. The van der Waals surface area contributed by atoms with Gasteiger partial charge in [0.2, 0.25) is 0 Å². The summed E-state index contributed by atoms with van der Waals surface area (Å²) in [6.07, 6.45) is 0.914. The number of hydrogen-bond donors (Lipinski definition) is 6. The molecule has 1 unspecified atom stereocenters. The van der Waals surface area contributed by atoms with Crippen LogP contribution >= 0.6 is 11.3 Å². The average Bonchev–Trinajstić information content (AvgIpc) is 3.79. The number of nitrogens with one attached hydrogen (secondary N) is 3. The van der Waals surface area contributed by atoms with Crippen LogP contribution in [0.25, 0.3) is 11.1 Å². The first kappa shape index (κ1) is 33.4. The number of ether oxygens (including phenoxy) is 1. The number of hydrogen-bond acceptors (Lipinski definition) is 10. The van der Waals surface area contributed by atoms with E-state index in [1.807, 2.05) is 43.3 Å². The summed E-state index contributed by atoms with van der Waals surface area (Å²) in [4.78, 5) is 28.7. The number of aliphatic carboxylic acids is 1. The molecule has 0 fully saturated rings. The molecule has 2 aromatic heterocycles. The van der Waals surface area contributed by atoms with Gasteiger partial charge in [-0.3, -0.25) is 14.5 Å². The molecule has 5 rings (SSSR count). The number of anilines is 1. The number of amides is 1. The van der Waals surface area contributed by atoms with Crippen LogP contribution in [0.2, 0.25) is 0 Å². The molecule has 0 saturated heterocycles. The summed E-state index contributed by atoms with van der Waals surface area (Å²) < 4.78 is 41.1. The second-order valence-corrected chi connectivity index (χ2v) is 13.4. The molecule has 47 heavy (non-hydrogen) atoms. The van der Waals surface area contributed by atoms with E-state index in [1.165, 1.54) is 6.07 Å². The van der Waals surface area contributed by atoms with Crippen molar-refractivity contribution in [2.24, 2.45) is 16.5 Å². The molecule has 4 aromatic rings. The number of sulfonamides is 1. The number of aliphatic imine (C=N–C) groups is 1. The maximum Gasteiger partial charge on any atom is 0.326 e. The van der Waals surface area contributed by atoms with Gasteiger partial charge in [0.25, 0.3) is 15.9 Å². The highest BCUT2D eigenvalue weighted by Gasteiger charge is 2.29. The highest BCUT2D eigenvalue weighted by Crippen LogP contribution is 2.39. The van der Waals surface area contributed by atoms with Crippen molar-refractivity contribution in [2.75, 3.05) is 17.9 Å². The van der Waals surface area contributed by atoms with Crippen LogP contribution in [0.4, 0.5) is 5.69 Å². The number of guanidine groups is 1. The van der Waals surface area contributed by atoms with Crippen LogP contribution in [0, 0.1) is 6.92 Å². The van der Waals surface area contributed by atoms with E-state index >= 15 is 0 Å². The summed E-state index contributed by atoms with van der Waals surface area (Å²) in [6, 6.07) is 13.3. The van der Waals surface area contributed by atoms with E-state index in [0.717, 1.165) is 39.5 Å². The van der Waals surface area contributed by atoms with Crippen molar-refractivity contribution >= 4 is 44.9 Å². The number of fused-ring (bicyclic) bond motifs is 1. The van der Waals surface area contributed by atoms with Crippen LogP contribution in [0.1, 0.15) is 45.1 Å². The highest BCUT2D eigenvalue weighted by molar-refractivity contribution is 7.92. The zero-order valence-electron chi connectivity index (χ0n) is 25.5. The lowest BCUT2D eigenvalue weighted by molar-refractivity contribution is -0.139. The number of carboxylic acids is 1. The van der Waals surface area contributed by atoms with Gasteiger partial charge in [-0.05, 0) is 71.7 Å². The van der Waals surface area contributed by atoms with Gasteiger partial charge in [0.05, 0.1) is 18.0 Å². The number of carbonyl (C=O) groups excluding carboxylic acids is 1. The Morgan fingerprint density at radius 1 is 1.13 bits per heavy atom. The molecule has 1 aliphatic rings.